The van der Waals surface area contributed by atoms with Crippen molar-refractivity contribution in [1.29, 1.82) is 0 Å². The number of oxazole rings is 1. The van der Waals surface area contributed by atoms with Crippen LogP contribution < -0.4 is 5.76 Å². The third kappa shape index (κ3) is 3.10. The summed E-state index contributed by atoms with van der Waals surface area (Å²) in [6, 6.07) is 11.1. The number of carbonyl (C=O) groups is 1. The zero-order valence-corrected chi connectivity index (χ0v) is 16.6. The molecule has 1 aromatic carbocycles. The molecule has 0 bridgehead atoms. The number of likely N-dealkylation sites (tertiary alicyclic amines) is 1. The summed E-state index contributed by atoms with van der Waals surface area (Å²) >= 11 is 0. The van der Waals surface area contributed by atoms with E-state index in [9.17, 15) is 9.59 Å². The molecule has 1 atom stereocenters. The van der Waals surface area contributed by atoms with Crippen LogP contribution in [0.25, 0.3) is 22.5 Å². The van der Waals surface area contributed by atoms with Crippen LogP contribution in [-0.2, 0) is 11.3 Å². The molecule has 1 amide bonds. The normalized spacial score (nSPS) is 16.4. The lowest BCUT2D eigenvalue weighted by molar-refractivity contribution is -0.130. The molecule has 0 spiro atoms. The van der Waals surface area contributed by atoms with Crippen molar-refractivity contribution in [2.45, 2.75) is 25.9 Å². The van der Waals surface area contributed by atoms with E-state index in [2.05, 4.69) is 14.5 Å². The number of aromatic nitrogens is 4. The molecule has 4 aromatic rings. The molecule has 1 aliphatic rings. The summed E-state index contributed by atoms with van der Waals surface area (Å²) in [5.41, 5.74) is 3.12. The van der Waals surface area contributed by atoms with Gasteiger partial charge in [0, 0.05) is 42.9 Å². The third-order valence-electron chi connectivity index (χ3n) is 5.65. The van der Waals surface area contributed by atoms with Gasteiger partial charge in [-0.25, -0.2) is 9.78 Å². The average Bonchev–Trinajstić information content (AvgIpc) is 3.46. The van der Waals surface area contributed by atoms with Gasteiger partial charge in [-0.3, -0.25) is 14.3 Å². The van der Waals surface area contributed by atoms with E-state index in [-0.39, 0.29) is 18.5 Å². The maximum Gasteiger partial charge on any atom is 0.420 e. The van der Waals surface area contributed by atoms with E-state index in [4.69, 9.17) is 4.42 Å². The van der Waals surface area contributed by atoms with E-state index >= 15 is 0 Å². The number of hydrogen-bond donors (Lipinski definition) is 0. The second kappa shape index (κ2) is 7.29. The highest BCUT2D eigenvalue weighted by atomic mass is 16.4. The Morgan fingerprint density at radius 3 is 2.90 bits per heavy atom. The van der Waals surface area contributed by atoms with Crippen molar-refractivity contribution in [1.82, 2.24) is 24.0 Å². The van der Waals surface area contributed by atoms with Gasteiger partial charge in [-0.05, 0) is 37.6 Å². The van der Waals surface area contributed by atoms with Crippen LogP contribution in [0.4, 0.5) is 0 Å². The van der Waals surface area contributed by atoms with Gasteiger partial charge in [0.1, 0.15) is 12.4 Å². The van der Waals surface area contributed by atoms with E-state index in [0.29, 0.717) is 24.2 Å². The van der Waals surface area contributed by atoms with Crippen molar-refractivity contribution >= 4 is 17.0 Å². The molecule has 8 heteroatoms. The number of hydrogen-bond acceptors (Lipinski definition) is 5. The summed E-state index contributed by atoms with van der Waals surface area (Å²) in [7, 11) is 0. The highest BCUT2D eigenvalue weighted by Gasteiger charge is 2.30. The largest absolute Gasteiger partial charge is 0.420 e. The molecule has 4 heterocycles. The van der Waals surface area contributed by atoms with Crippen molar-refractivity contribution < 1.29 is 9.21 Å². The number of aryl methyl sites for hydroxylation is 1. The predicted octanol–water partition coefficient (Wildman–Crippen LogP) is 2.64. The number of pyridine rings is 1. The van der Waals surface area contributed by atoms with Crippen LogP contribution in [-0.4, -0.2) is 43.0 Å². The molecule has 1 aliphatic heterocycles. The standard InChI is InChI=1S/C22H21N5O3/c1-15-11-24-21(16-5-4-9-23-12-16)27(15)17-8-10-25(13-17)20(28)14-26-18-6-2-3-7-19(18)30-22(26)29/h2-7,9,11-12,17H,8,10,13-14H2,1H3. The van der Waals surface area contributed by atoms with Crippen LogP contribution in [0, 0.1) is 6.92 Å². The zero-order chi connectivity index (χ0) is 20.7. The molecule has 0 saturated carbocycles. The molecule has 1 fully saturated rings. The first-order valence-electron chi connectivity index (χ1n) is 9.92. The van der Waals surface area contributed by atoms with Gasteiger partial charge in [0.25, 0.3) is 0 Å². The van der Waals surface area contributed by atoms with Gasteiger partial charge in [0.15, 0.2) is 5.58 Å². The molecule has 3 aromatic heterocycles. The molecule has 5 rings (SSSR count). The SMILES string of the molecule is Cc1cnc(-c2cccnc2)n1C1CCN(C(=O)Cn2c(=O)oc3ccccc32)C1. The minimum Gasteiger partial charge on any atom is -0.408 e. The van der Waals surface area contributed by atoms with Gasteiger partial charge in [0.2, 0.25) is 5.91 Å². The summed E-state index contributed by atoms with van der Waals surface area (Å²) in [4.78, 5) is 35.7. The molecule has 30 heavy (non-hydrogen) atoms. The fraction of sp³-hybridized carbons (Fsp3) is 0.273. The van der Waals surface area contributed by atoms with Crippen molar-refractivity contribution in [2.75, 3.05) is 13.1 Å². The quantitative estimate of drug-likeness (QED) is 0.523. The number of carbonyl (C=O) groups excluding carboxylic acids is 1. The topological polar surface area (TPSA) is 86.2 Å². The van der Waals surface area contributed by atoms with Crippen LogP contribution >= 0.6 is 0 Å². The van der Waals surface area contributed by atoms with Crippen LogP contribution in [0.5, 0.6) is 0 Å². The highest BCUT2D eigenvalue weighted by molar-refractivity contribution is 5.79. The summed E-state index contributed by atoms with van der Waals surface area (Å²) in [5, 5.41) is 0. The van der Waals surface area contributed by atoms with Crippen LogP contribution in [0.3, 0.4) is 0 Å². The number of rotatable bonds is 4. The minimum absolute atomic E-state index is 0.0268. The first-order valence-corrected chi connectivity index (χ1v) is 9.92. The number of benzene rings is 1. The van der Waals surface area contributed by atoms with Gasteiger partial charge in [-0.2, -0.15) is 0 Å². The maximum absolute atomic E-state index is 13.0. The summed E-state index contributed by atoms with van der Waals surface area (Å²) in [6.07, 6.45) is 6.22. The molecule has 1 saturated heterocycles. The number of amides is 1. The Balaban J connectivity index is 1.37. The second-order valence-corrected chi connectivity index (χ2v) is 7.54. The van der Waals surface area contributed by atoms with Crippen LogP contribution in [0.15, 0.2) is 64.2 Å². The van der Waals surface area contributed by atoms with E-state index in [1.54, 1.807) is 30.6 Å². The summed E-state index contributed by atoms with van der Waals surface area (Å²) in [6.45, 7) is 3.21. The van der Waals surface area contributed by atoms with Gasteiger partial charge in [-0.15, -0.1) is 0 Å². The van der Waals surface area contributed by atoms with Crippen molar-refractivity contribution in [3.8, 4) is 11.4 Å². The predicted molar refractivity (Wildman–Crippen MR) is 111 cm³/mol. The number of fused-ring (bicyclic) bond motifs is 1. The molecule has 0 N–H and O–H groups in total. The lowest BCUT2D eigenvalue weighted by Gasteiger charge is -2.20. The minimum atomic E-state index is -0.510. The molecular weight excluding hydrogens is 382 g/mol. The molecule has 0 radical (unpaired) electrons. The Labute approximate surface area is 172 Å². The molecule has 152 valence electrons. The number of nitrogens with zero attached hydrogens (tertiary/aromatic N) is 5. The Kier molecular flexibility index (Phi) is 4.46. The van der Waals surface area contributed by atoms with Crippen molar-refractivity contribution in [3.63, 3.8) is 0 Å². The molecule has 0 aliphatic carbocycles. The molecular formula is C22H21N5O3. The Hall–Kier alpha value is -3.68. The zero-order valence-electron chi connectivity index (χ0n) is 16.6. The Morgan fingerprint density at radius 1 is 1.20 bits per heavy atom. The van der Waals surface area contributed by atoms with Crippen molar-refractivity contribution in [2.24, 2.45) is 0 Å². The van der Waals surface area contributed by atoms with Gasteiger partial charge in [0.05, 0.1) is 11.6 Å². The lowest BCUT2D eigenvalue weighted by atomic mass is 10.2. The lowest BCUT2D eigenvalue weighted by Crippen LogP contribution is -2.34. The third-order valence-corrected chi connectivity index (χ3v) is 5.65. The van der Waals surface area contributed by atoms with Gasteiger partial charge >= 0.3 is 5.76 Å². The monoisotopic (exact) mass is 403 g/mol. The fourth-order valence-electron chi connectivity index (χ4n) is 4.19. The van der Waals surface area contributed by atoms with Crippen LogP contribution in [0.2, 0.25) is 0 Å². The first kappa shape index (κ1) is 18.4. The van der Waals surface area contributed by atoms with Crippen molar-refractivity contribution in [3.05, 3.63) is 71.2 Å². The van der Waals surface area contributed by atoms with E-state index in [1.165, 1.54) is 4.57 Å². The summed E-state index contributed by atoms with van der Waals surface area (Å²) < 4.78 is 8.82. The van der Waals surface area contributed by atoms with Gasteiger partial charge < -0.3 is 13.9 Å². The summed E-state index contributed by atoms with van der Waals surface area (Å²) in [5.74, 6) is 0.258. The van der Waals surface area contributed by atoms with E-state index in [0.717, 1.165) is 23.5 Å². The number of imidazole rings is 1. The van der Waals surface area contributed by atoms with Gasteiger partial charge in [-0.1, -0.05) is 12.1 Å². The van der Waals surface area contributed by atoms with Crippen LogP contribution in [0.1, 0.15) is 18.2 Å². The smallest absolute Gasteiger partial charge is 0.408 e. The first-order chi connectivity index (χ1) is 14.6. The number of para-hydroxylation sites is 2. The maximum atomic E-state index is 13.0. The Morgan fingerprint density at radius 2 is 2.07 bits per heavy atom. The average molecular weight is 403 g/mol. The molecule has 8 nitrogen and oxygen atoms in total. The Bertz CT molecular complexity index is 1270. The fourth-order valence-corrected chi connectivity index (χ4v) is 4.19. The highest BCUT2D eigenvalue weighted by Crippen LogP contribution is 2.29. The second-order valence-electron chi connectivity index (χ2n) is 7.54. The molecule has 1 unspecified atom stereocenters. The van der Waals surface area contributed by atoms with E-state index < -0.39 is 5.76 Å². The van der Waals surface area contributed by atoms with E-state index in [1.807, 2.05) is 36.2 Å².